The van der Waals surface area contributed by atoms with E-state index < -0.39 is 5.54 Å². The van der Waals surface area contributed by atoms with Crippen molar-refractivity contribution in [3.8, 4) is 11.4 Å². The molecule has 0 radical (unpaired) electrons. The molecule has 122 valence electrons. The van der Waals surface area contributed by atoms with E-state index in [9.17, 15) is 4.79 Å². The van der Waals surface area contributed by atoms with Crippen LogP contribution in [0.15, 0.2) is 36.7 Å². The molecule has 23 heavy (non-hydrogen) atoms. The van der Waals surface area contributed by atoms with E-state index in [1.807, 2.05) is 62.2 Å². The molecule has 1 fully saturated rings. The lowest BCUT2D eigenvalue weighted by atomic mass is 9.88. The molecule has 1 saturated heterocycles. The number of amides is 1. The SMILES string of the molecule is COc1ccc(-n2cc([C@]3(C)CC(=O)N(C)C(C)N3)cn2)cc1. The Morgan fingerprint density at radius 2 is 2.04 bits per heavy atom. The van der Waals surface area contributed by atoms with Gasteiger partial charge in [0.25, 0.3) is 0 Å². The van der Waals surface area contributed by atoms with Gasteiger partial charge in [-0.2, -0.15) is 5.10 Å². The van der Waals surface area contributed by atoms with Gasteiger partial charge in [-0.25, -0.2) is 4.68 Å². The van der Waals surface area contributed by atoms with E-state index in [4.69, 9.17) is 4.74 Å². The van der Waals surface area contributed by atoms with E-state index in [-0.39, 0.29) is 12.1 Å². The smallest absolute Gasteiger partial charge is 0.225 e. The maximum atomic E-state index is 12.2. The van der Waals surface area contributed by atoms with E-state index in [0.717, 1.165) is 17.0 Å². The first-order valence-corrected chi connectivity index (χ1v) is 7.66. The fourth-order valence-electron chi connectivity index (χ4n) is 2.92. The van der Waals surface area contributed by atoms with Gasteiger partial charge in [0.05, 0.1) is 30.7 Å². The fourth-order valence-corrected chi connectivity index (χ4v) is 2.92. The Balaban J connectivity index is 1.87. The minimum Gasteiger partial charge on any atom is -0.497 e. The molecule has 1 amide bonds. The lowest BCUT2D eigenvalue weighted by Crippen LogP contribution is -2.59. The van der Waals surface area contributed by atoms with Gasteiger partial charge in [0.1, 0.15) is 5.75 Å². The predicted octanol–water partition coefficient (Wildman–Crippen LogP) is 1.89. The normalized spacial score (nSPS) is 24.8. The zero-order chi connectivity index (χ0) is 16.6. The lowest BCUT2D eigenvalue weighted by Gasteiger charge is -2.42. The van der Waals surface area contributed by atoms with Gasteiger partial charge < -0.3 is 9.64 Å². The van der Waals surface area contributed by atoms with Gasteiger partial charge in [-0.05, 0) is 38.1 Å². The highest BCUT2D eigenvalue weighted by atomic mass is 16.5. The summed E-state index contributed by atoms with van der Waals surface area (Å²) in [5.74, 6) is 0.945. The molecule has 2 heterocycles. The molecular formula is C17H22N4O2. The average molecular weight is 314 g/mol. The highest BCUT2D eigenvalue weighted by molar-refractivity contribution is 5.78. The lowest BCUT2D eigenvalue weighted by molar-refractivity contribution is -0.138. The molecule has 3 rings (SSSR count). The molecule has 0 aliphatic carbocycles. The van der Waals surface area contributed by atoms with Gasteiger partial charge in [0.2, 0.25) is 5.91 Å². The summed E-state index contributed by atoms with van der Waals surface area (Å²) in [6.07, 6.45) is 4.20. The molecule has 1 aromatic carbocycles. The molecule has 6 nitrogen and oxygen atoms in total. The van der Waals surface area contributed by atoms with Crippen molar-refractivity contribution in [1.29, 1.82) is 0 Å². The monoisotopic (exact) mass is 314 g/mol. The van der Waals surface area contributed by atoms with Crippen molar-refractivity contribution in [2.24, 2.45) is 0 Å². The van der Waals surface area contributed by atoms with E-state index in [0.29, 0.717) is 6.42 Å². The van der Waals surface area contributed by atoms with Gasteiger partial charge in [-0.15, -0.1) is 0 Å². The summed E-state index contributed by atoms with van der Waals surface area (Å²) in [5, 5.41) is 7.95. The first-order valence-electron chi connectivity index (χ1n) is 7.66. The number of hydrogen-bond donors (Lipinski definition) is 1. The highest BCUT2D eigenvalue weighted by Gasteiger charge is 2.39. The number of nitrogens with zero attached hydrogens (tertiary/aromatic N) is 3. The van der Waals surface area contributed by atoms with Gasteiger partial charge in [-0.3, -0.25) is 10.1 Å². The second-order valence-corrected chi connectivity index (χ2v) is 6.21. The highest BCUT2D eigenvalue weighted by Crippen LogP contribution is 2.30. The maximum absolute atomic E-state index is 12.2. The van der Waals surface area contributed by atoms with Crippen LogP contribution in [0.2, 0.25) is 0 Å². The molecule has 2 atom stereocenters. The molecule has 1 aliphatic heterocycles. The zero-order valence-electron chi connectivity index (χ0n) is 13.9. The number of ether oxygens (including phenoxy) is 1. The topological polar surface area (TPSA) is 59.4 Å². The largest absolute Gasteiger partial charge is 0.497 e. The van der Waals surface area contributed by atoms with Crippen LogP contribution in [0.5, 0.6) is 5.75 Å². The summed E-state index contributed by atoms with van der Waals surface area (Å²) in [6, 6.07) is 7.71. The number of benzene rings is 1. The molecule has 1 aliphatic rings. The first kappa shape index (κ1) is 15.6. The van der Waals surface area contributed by atoms with Crippen LogP contribution < -0.4 is 10.1 Å². The molecule has 1 N–H and O–H groups in total. The van der Waals surface area contributed by atoms with Gasteiger partial charge in [0, 0.05) is 25.2 Å². The average Bonchev–Trinajstić information content (AvgIpc) is 3.03. The van der Waals surface area contributed by atoms with Gasteiger partial charge in [-0.1, -0.05) is 0 Å². The summed E-state index contributed by atoms with van der Waals surface area (Å²) in [6.45, 7) is 4.03. The summed E-state index contributed by atoms with van der Waals surface area (Å²) in [5.41, 5.74) is 1.54. The Kier molecular flexibility index (Phi) is 3.85. The standard InChI is InChI=1S/C17H22N4O2/c1-12-19-17(2,9-16(22)20(12)3)13-10-18-21(11-13)14-5-7-15(23-4)8-6-14/h5-8,10-12,19H,9H2,1-4H3/t12?,17-/m0/s1. The van der Waals surface area contributed by atoms with Crippen LogP contribution in [-0.2, 0) is 10.3 Å². The second kappa shape index (κ2) is 5.70. The Labute approximate surface area is 136 Å². The molecule has 0 bridgehead atoms. The molecule has 1 aromatic heterocycles. The Hall–Kier alpha value is -2.34. The summed E-state index contributed by atoms with van der Waals surface area (Å²) < 4.78 is 6.99. The van der Waals surface area contributed by atoms with E-state index in [1.165, 1.54) is 0 Å². The zero-order valence-corrected chi connectivity index (χ0v) is 13.9. The molecule has 0 spiro atoms. The maximum Gasteiger partial charge on any atom is 0.225 e. The van der Waals surface area contributed by atoms with Crippen molar-refractivity contribution in [3.63, 3.8) is 0 Å². The van der Waals surface area contributed by atoms with Crippen LogP contribution in [0, 0.1) is 0 Å². The van der Waals surface area contributed by atoms with Crippen molar-refractivity contribution in [2.45, 2.75) is 32.0 Å². The third-order valence-electron chi connectivity index (χ3n) is 4.56. The van der Waals surface area contributed by atoms with Crippen LogP contribution in [0.3, 0.4) is 0 Å². The third kappa shape index (κ3) is 2.82. The molecule has 6 heteroatoms. The number of hydrogen-bond acceptors (Lipinski definition) is 4. The number of methoxy groups -OCH3 is 1. The van der Waals surface area contributed by atoms with Crippen molar-refractivity contribution in [3.05, 3.63) is 42.2 Å². The van der Waals surface area contributed by atoms with Crippen molar-refractivity contribution in [2.75, 3.05) is 14.2 Å². The Bertz CT molecular complexity index is 710. The summed E-state index contributed by atoms with van der Waals surface area (Å²) >= 11 is 0. The quantitative estimate of drug-likeness (QED) is 0.940. The van der Waals surface area contributed by atoms with Crippen LogP contribution in [0.4, 0.5) is 0 Å². The first-order chi connectivity index (χ1) is 10.9. The minimum atomic E-state index is -0.409. The second-order valence-electron chi connectivity index (χ2n) is 6.21. The van der Waals surface area contributed by atoms with Crippen molar-refractivity contribution < 1.29 is 9.53 Å². The van der Waals surface area contributed by atoms with Crippen molar-refractivity contribution >= 4 is 5.91 Å². The van der Waals surface area contributed by atoms with E-state index in [1.54, 1.807) is 12.0 Å². The minimum absolute atomic E-state index is 0.00872. The Morgan fingerprint density at radius 1 is 1.35 bits per heavy atom. The third-order valence-corrected chi connectivity index (χ3v) is 4.56. The molecule has 1 unspecified atom stereocenters. The van der Waals surface area contributed by atoms with Crippen LogP contribution >= 0.6 is 0 Å². The number of carbonyl (C=O) groups excluding carboxylic acids is 1. The van der Waals surface area contributed by atoms with Gasteiger partial charge in [0.15, 0.2) is 0 Å². The number of nitrogens with one attached hydrogen (secondary N) is 1. The fraction of sp³-hybridized carbons (Fsp3) is 0.412. The van der Waals surface area contributed by atoms with E-state index in [2.05, 4.69) is 10.4 Å². The van der Waals surface area contributed by atoms with Crippen LogP contribution in [-0.4, -0.2) is 40.9 Å². The number of aromatic nitrogens is 2. The number of rotatable bonds is 3. The van der Waals surface area contributed by atoms with Crippen LogP contribution in [0.1, 0.15) is 25.8 Å². The van der Waals surface area contributed by atoms with Crippen LogP contribution in [0.25, 0.3) is 5.69 Å². The molecular weight excluding hydrogens is 292 g/mol. The van der Waals surface area contributed by atoms with E-state index >= 15 is 0 Å². The summed E-state index contributed by atoms with van der Waals surface area (Å²) in [7, 11) is 3.46. The van der Waals surface area contributed by atoms with Crippen molar-refractivity contribution in [1.82, 2.24) is 20.0 Å². The Morgan fingerprint density at radius 3 is 2.65 bits per heavy atom. The molecule has 0 saturated carbocycles. The molecule has 2 aromatic rings. The predicted molar refractivity (Wildman–Crippen MR) is 87.5 cm³/mol. The number of carbonyl (C=O) groups is 1. The van der Waals surface area contributed by atoms with Gasteiger partial charge >= 0.3 is 0 Å². The summed E-state index contributed by atoms with van der Waals surface area (Å²) in [4.78, 5) is 13.9.